The normalized spacial score (nSPS) is 21.2. The fraction of sp³-hybridized carbons (Fsp3) is 0.381. The van der Waals surface area contributed by atoms with Crippen LogP contribution in [0.3, 0.4) is 0 Å². The molecule has 5 nitrogen and oxygen atoms in total. The second-order valence-corrected chi connectivity index (χ2v) is 8.02. The Bertz CT molecular complexity index is 888. The summed E-state index contributed by atoms with van der Waals surface area (Å²) >= 11 is 1.78. The lowest BCUT2D eigenvalue weighted by atomic mass is 9.99. The average molecular weight is 421 g/mol. The van der Waals surface area contributed by atoms with Gasteiger partial charge >= 0.3 is 5.17 Å². The number of aryl methyl sites for hydroxylation is 1. The van der Waals surface area contributed by atoms with E-state index in [1.807, 2.05) is 47.4 Å². The van der Waals surface area contributed by atoms with Crippen molar-refractivity contribution in [2.45, 2.75) is 19.1 Å². The van der Waals surface area contributed by atoms with E-state index in [1.165, 1.54) is 5.56 Å². The van der Waals surface area contributed by atoms with E-state index < -0.39 is 5.72 Å². The Morgan fingerprint density at radius 2 is 1.86 bits per heavy atom. The van der Waals surface area contributed by atoms with Gasteiger partial charge in [0.15, 0.2) is 18.0 Å². The number of halogens is 1. The van der Waals surface area contributed by atoms with E-state index >= 15 is 0 Å². The zero-order valence-corrected chi connectivity index (χ0v) is 17.9. The van der Waals surface area contributed by atoms with Gasteiger partial charge < -0.3 is 27.0 Å². The minimum atomic E-state index is -1.17. The average Bonchev–Trinajstić information content (AvgIpc) is 3.00. The van der Waals surface area contributed by atoms with Gasteiger partial charge in [-0.1, -0.05) is 29.8 Å². The molecule has 1 atom stereocenters. The van der Waals surface area contributed by atoms with Crippen LogP contribution >= 0.6 is 11.8 Å². The van der Waals surface area contributed by atoms with Crippen molar-refractivity contribution < 1.29 is 31.6 Å². The lowest BCUT2D eigenvalue weighted by Crippen LogP contribution is -3.00. The third-order valence-electron chi connectivity index (χ3n) is 5.19. The van der Waals surface area contributed by atoms with Crippen molar-refractivity contribution >= 4 is 22.6 Å². The van der Waals surface area contributed by atoms with Crippen molar-refractivity contribution in [2.24, 2.45) is 0 Å². The van der Waals surface area contributed by atoms with Gasteiger partial charge in [-0.05, 0) is 37.2 Å². The van der Waals surface area contributed by atoms with Crippen molar-refractivity contribution in [3.63, 3.8) is 0 Å². The number of amidine groups is 1. The Kier molecular flexibility index (Phi) is 6.12. The van der Waals surface area contributed by atoms with Crippen LogP contribution in [0.1, 0.15) is 17.5 Å². The summed E-state index contributed by atoms with van der Waals surface area (Å²) in [6.07, 6.45) is 1.11. The number of thioether (sulfide) groups is 1. The first kappa shape index (κ1) is 20.8. The SMILES string of the molecule is COc1ccc(OC)c(N2C3=[N+](CCCS3)CC2(O)c2ccc(C)cc2)c1.[Cl-]. The first-order chi connectivity index (χ1) is 13.1. The third-order valence-corrected chi connectivity index (χ3v) is 6.38. The van der Waals surface area contributed by atoms with Crippen molar-refractivity contribution in [2.75, 3.05) is 38.0 Å². The molecule has 2 heterocycles. The Morgan fingerprint density at radius 3 is 2.54 bits per heavy atom. The Hall–Kier alpha value is -1.89. The maximum Gasteiger partial charge on any atom is 0.316 e. The molecule has 4 rings (SSSR count). The van der Waals surface area contributed by atoms with Gasteiger partial charge in [-0.15, -0.1) is 0 Å². The monoisotopic (exact) mass is 420 g/mol. The van der Waals surface area contributed by atoms with E-state index in [2.05, 4.69) is 11.5 Å². The highest BCUT2D eigenvalue weighted by atomic mass is 35.5. The van der Waals surface area contributed by atoms with Crippen LogP contribution in [0, 0.1) is 6.92 Å². The minimum Gasteiger partial charge on any atom is -1.00 e. The van der Waals surface area contributed by atoms with Gasteiger partial charge in [0.2, 0.25) is 0 Å². The minimum absolute atomic E-state index is 0. The van der Waals surface area contributed by atoms with E-state index in [4.69, 9.17) is 9.47 Å². The molecule has 0 aliphatic carbocycles. The molecular weight excluding hydrogens is 396 g/mol. The number of rotatable bonds is 4. The summed E-state index contributed by atoms with van der Waals surface area (Å²) in [7, 11) is 3.30. The highest BCUT2D eigenvalue weighted by Gasteiger charge is 2.56. The first-order valence-corrected chi connectivity index (χ1v) is 10.1. The Labute approximate surface area is 176 Å². The van der Waals surface area contributed by atoms with E-state index in [9.17, 15) is 5.11 Å². The van der Waals surface area contributed by atoms with Crippen molar-refractivity contribution in [1.29, 1.82) is 0 Å². The molecular formula is C21H25ClN2O3S. The maximum atomic E-state index is 11.9. The molecule has 0 bridgehead atoms. The maximum absolute atomic E-state index is 11.9. The molecule has 2 aliphatic rings. The number of hydrogen-bond donors (Lipinski definition) is 1. The number of methoxy groups -OCH3 is 2. The van der Waals surface area contributed by atoms with Crippen molar-refractivity contribution in [1.82, 2.24) is 0 Å². The molecule has 2 aromatic carbocycles. The predicted molar refractivity (Wildman–Crippen MR) is 109 cm³/mol. The van der Waals surface area contributed by atoms with E-state index in [-0.39, 0.29) is 12.4 Å². The molecule has 1 N–H and O–H groups in total. The zero-order valence-electron chi connectivity index (χ0n) is 16.3. The van der Waals surface area contributed by atoms with Crippen molar-refractivity contribution in [3.05, 3.63) is 53.6 Å². The topological polar surface area (TPSA) is 44.9 Å². The molecule has 2 aliphatic heterocycles. The molecule has 0 saturated carbocycles. The predicted octanol–water partition coefficient (Wildman–Crippen LogP) is 0.187. The summed E-state index contributed by atoms with van der Waals surface area (Å²) in [6.45, 7) is 3.53. The van der Waals surface area contributed by atoms with Crippen LogP contribution in [-0.2, 0) is 5.72 Å². The van der Waals surface area contributed by atoms with Gasteiger partial charge in [-0.25, -0.2) is 4.58 Å². The number of ether oxygens (including phenoxy) is 2. The van der Waals surface area contributed by atoms with Gasteiger partial charge in [-0.3, -0.25) is 0 Å². The largest absolute Gasteiger partial charge is 1.00 e. The van der Waals surface area contributed by atoms with Gasteiger partial charge in [0.05, 0.1) is 20.8 Å². The highest BCUT2D eigenvalue weighted by molar-refractivity contribution is 8.14. The molecule has 1 unspecified atom stereocenters. The molecule has 0 fully saturated rings. The fourth-order valence-electron chi connectivity index (χ4n) is 3.77. The van der Waals surface area contributed by atoms with Crippen molar-refractivity contribution in [3.8, 4) is 11.5 Å². The molecule has 7 heteroatoms. The van der Waals surface area contributed by atoms with Gasteiger partial charge in [0.25, 0.3) is 5.72 Å². The second kappa shape index (κ2) is 8.23. The number of anilines is 1. The third kappa shape index (κ3) is 3.45. The van der Waals surface area contributed by atoms with Crippen LogP contribution in [0.25, 0.3) is 0 Å². The molecule has 0 saturated heterocycles. The van der Waals surface area contributed by atoms with Gasteiger partial charge in [0, 0.05) is 17.4 Å². The Morgan fingerprint density at radius 1 is 1.11 bits per heavy atom. The first-order valence-electron chi connectivity index (χ1n) is 9.13. The standard InChI is InChI=1S/C21H25N2O3S.ClH/c1-15-5-7-16(8-6-15)21(24)14-22-11-4-12-27-20(22)23(21)18-13-17(25-2)9-10-19(18)26-3;/h5-10,13,24H,4,11-12,14H2,1-3H3;1H/q+1;/p-1. The van der Waals surface area contributed by atoms with Crippen LogP contribution in [0.4, 0.5) is 5.69 Å². The molecule has 0 radical (unpaired) electrons. The van der Waals surface area contributed by atoms with Crippen LogP contribution in [0.5, 0.6) is 11.5 Å². The zero-order chi connectivity index (χ0) is 19.0. The molecule has 28 heavy (non-hydrogen) atoms. The fourth-order valence-corrected chi connectivity index (χ4v) is 4.94. The number of benzene rings is 2. The van der Waals surface area contributed by atoms with Gasteiger partial charge in [0.1, 0.15) is 5.75 Å². The molecule has 2 aromatic rings. The van der Waals surface area contributed by atoms with Crippen LogP contribution < -0.4 is 26.8 Å². The summed E-state index contributed by atoms with van der Waals surface area (Å²) in [5.74, 6) is 2.48. The summed E-state index contributed by atoms with van der Waals surface area (Å²) < 4.78 is 13.4. The quantitative estimate of drug-likeness (QED) is 0.715. The number of hydrogen-bond acceptors (Lipinski definition) is 5. The second-order valence-electron chi connectivity index (χ2n) is 6.96. The number of aliphatic hydroxyl groups is 1. The van der Waals surface area contributed by atoms with Crippen LogP contribution in [0.2, 0.25) is 0 Å². The molecule has 0 amide bonds. The lowest BCUT2D eigenvalue weighted by molar-refractivity contribution is -0.532. The van der Waals surface area contributed by atoms with Gasteiger partial charge in [-0.2, -0.15) is 4.90 Å². The number of nitrogens with zero attached hydrogens (tertiary/aromatic N) is 2. The smallest absolute Gasteiger partial charge is 0.316 e. The summed E-state index contributed by atoms with van der Waals surface area (Å²) in [5, 5.41) is 13.0. The molecule has 0 spiro atoms. The Balaban J connectivity index is 0.00000225. The summed E-state index contributed by atoms with van der Waals surface area (Å²) in [5.41, 5.74) is 1.69. The molecule has 0 aromatic heterocycles. The van der Waals surface area contributed by atoms with E-state index in [0.29, 0.717) is 12.3 Å². The highest BCUT2D eigenvalue weighted by Crippen LogP contribution is 2.44. The summed E-state index contributed by atoms with van der Waals surface area (Å²) in [6, 6.07) is 13.8. The van der Waals surface area contributed by atoms with Crippen LogP contribution in [-0.4, -0.2) is 47.9 Å². The summed E-state index contributed by atoms with van der Waals surface area (Å²) in [4.78, 5) is 2.02. The van der Waals surface area contributed by atoms with E-state index in [0.717, 1.165) is 40.9 Å². The molecule has 150 valence electrons. The lowest BCUT2D eigenvalue weighted by Gasteiger charge is -2.29. The van der Waals surface area contributed by atoms with Crippen LogP contribution in [0.15, 0.2) is 42.5 Å². The van der Waals surface area contributed by atoms with E-state index in [1.54, 1.807) is 26.0 Å².